The van der Waals surface area contributed by atoms with Gasteiger partial charge in [-0.3, -0.25) is 9.59 Å². The number of halogens is 1. The van der Waals surface area contributed by atoms with Gasteiger partial charge in [-0.25, -0.2) is 0 Å². The third kappa shape index (κ3) is 5.48. The quantitative estimate of drug-likeness (QED) is 0.597. The summed E-state index contributed by atoms with van der Waals surface area (Å²) < 4.78 is 7.72. The number of aromatic nitrogens is 1. The van der Waals surface area contributed by atoms with Crippen LogP contribution in [-0.2, 0) is 24.4 Å². The Labute approximate surface area is 219 Å². The molecule has 1 N–H and O–H groups in total. The van der Waals surface area contributed by atoms with E-state index >= 15 is 0 Å². The van der Waals surface area contributed by atoms with Crippen molar-refractivity contribution < 1.29 is 9.53 Å². The Bertz CT molecular complexity index is 1170. The van der Waals surface area contributed by atoms with Gasteiger partial charge in [0.15, 0.2) is 5.43 Å². The Morgan fingerprint density at radius 1 is 1.14 bits per heavy atom. The smallest absolute Gasteiger partial charge is 0.251 e. The highest BCUT2D eigenvalue weighted by atomic mass is 35.5. The zero-order valence-electron chi connectivity index (χ0n) is 22.2. The molecular weight excluding hydrogens is 476 g/mol. The van der Waals surface area contributed by atoms with Crippen molar-refractivity contribution in [1.29, 1.82) is 0 Å². The first-order chi connectivity index (χ1) is 17.2. The van der Waals surface area contributed by atoms with Crippen molar-refractivity contribution in [3.8, 4) is 0 Å². The predicted octanol–water partition coefficient (Wildman–Crippen LogP) is 4.28. The molecule has 1 aliphatic heterocycles. The molecule has 8 heteroatoms. The van der Waals surface area contributed by atoms with E-state index in [0.717, 1.165) is 42.0 Å². The van der Waals surface area contributed by atoms with Crippen LogP contribution in [-0.4, -0.2) is 54.7 Å². The standard InChI is InChI=1S/C28H39ClN4O3/c1-6-32(22-9-7-21(8-10-22)31(4)5)25-15-20(29)14-23(19(25)3)28(35)30-16-24-26-17-36-12-11-33(26)18(2)13-27(24)34/h13-15,21-22H,6-12,16-17H2,1-5H3,(H,30,35)/t21-,22-. The van der Waals surface area contributed by atoms with E-state index in [4.69, 9.17) is 16.3 Å². The number of ether oxygens (including phenoxy) is 1. The summed E-state index contributed by atoms with van der Waals surface area (Å²) >= 11 is 6.54. The molecule has 7 nitrogen and oxygen atoms in total. The molecule has 1 fully saturated rings. The first kappa shape index (κ1) is 26.7. The lowest BCUT2D eigenvalue weighted by atomic mass is 9.89. The number of pyridine rings is 1. The minimum atomic E-state index is -0.223. The second kappa shape index (κ2) is 11.4. The summed E-state index contributed by atoms with van der Waals surface area (Å²) in [5.74, 6) is -0.223. The van der Waals surface area contributed by atoms with Crippen LogP contribution in [0.25, 0.3) is 0 Å². The monoisotopic (exact) mass is 514 g/mol. The van der Waals surface area contributed by atoms with Gasteiger partial charge in [-0.2, -0.15) is 0 Å². The second-order valence-corrected chi connectivity index (χ2v) is 10.7. The highest BCUT2D eigenvalue weighted by molar-refractivity contribution is 6.31. The zero-order chi connectivity index (χ0) is 26.0. The average molecular weight is 515 g/mol. The Hall–Kier alpha value is -2.35. The van der Waals surface area contributed by atoms with Gasteiger partial charge in [-0.1, -0.05) is 11.6 Å². The Kier molecular flexibility index (Phi) is 8.43. The first-order valence-corrected chi connectivity index (χ1v) is 13.4. The summed E-state index contributed by atoms with van der Waals surface area (Å²) in [6.45, 7) is 8.81. The molecular formula is C28H39ClN4O3. The number of carbonyl (C=O) groups is 1. The lowest BCUT2D eigenvalue weighted by molar-refractivity contribution is 0.0813. The lowest BCUT2D eigenvalue weighted by Gasteiger charge is -2.40. The normalized spacial score (nSPS) is 19.8. The van der Waals surface area contributed by atoms with Crippen molar-refractivity contribution in [1.82, 2.24) is 14.8 Å². The highest BCUT2D eigenvalue weighted by Gasteiger charge is 2.28. The number of aryl methyl sites for hydroxylation is 1. The number of rotatable bonds is 7. The molecule has 0 unspecified atom stereocenters. The van der Waals surface area contributed by atoms with Crippen LogP contribution in [0.5, 0.6) is 0 Å². The van der Waals surface area contributed by atoms with Crippen molar-refractivity contribution in [2.45, 2.75) is 78.2 Å². The minimum Gasteiger partial charge on any atom is -0.373 e. The SMILES string of the molecule is CCN(c1cc(Cl)cc(C(=O)NCc2c3n(c(C)cc2=O)CCOC3)c1C)[C@H]1CC[C@H](N(C)C)CC1. The third-order valence-corrected chi connectivity index (χ3v) is 8.16. The lowest BCUT2D eigenvalue weighted by Crippen LogP contribution is -2.42. The fourth-order valence-corrected chi connectivity index (χ4v) is 6.05. The molecule has 36 heavy (non-hydrogen) atoms. The zero-order valence-corrected chi connectivity index (χ0v) is 23.0. The molecule has 1 aromatic carbocycles. The topological polar surface area (TPSA) is 66.8 Å². The number of nitrogens with one attached hydrogen (secondary N) is 1. The van der Waals surface area contributed by atoms with E-state index < -0.39 is 0 Å². The molecule has 0 spiro atoms. The van der Waals surface area contributed by atoms with Crippen LogP contribution >= 0.6 is 11.6 Å². The summed E-state index contributed by atoms with van der Waals surface area (Å²) in [7, 11) is 4.31. The molecule has 0 atom stereocenters. The van der Waals surface area contributed by atoms with E-state index in [1.54, 1.807) is 12.1 Å². The van der Waals surface area contributed by atoms with E-state index in [9.17, 15) is 9.59 Å². The maximum absolute atomic E-state index is 13.4. The fraction of sp³-hybridized carbons (Fsp3) is 0.571. The van der Waals surface area contributed by atoms with Crippen LogP contribution < -0.4 is 15.6 Å². The Morgan fingerprint density at radius 3 is 2.50 bits per heavy atom. The van der Waals surface area contributed by atoms with Crippen molar-refractivity contribution >= 4 is 23.2 Å². The molecule has 2 aromatic rings. The maximum atomic E-state index is 13.4. The van der Waals surface area contributed by atoms with E-state index in [1.807, 2.05) is 19.9 Å². The number of carbonyl (C=O) groups excluding carboxylic acids is 1. The van der Waals surface area contributed by atoms with Crippen LogP contribution in [0.15, 0.2) is 23.0 Å². The van der Waals surface area contributed by atoms with Crippen LogP contribution in [0, 0.1) is 13.8 Å². The van der Waals surface area contributed by atoms with Gasteiger partial charge in [0.2, 0.25) is 0 Å². The maximum Gasteiger partial charge on any atom is 0.251 e. The Balaban J connectivity index is 1.55. The summed E-state index contributed by atoms with van der Waals surface area (Å²) in [5, 5.41) is 3.53. The molecule has 2 aliphatic rings. The van der Waals surface area contributed by atoms with Crippen LogP contribution in [0.2, 0.25) is 5.02 Å². The molecule has 1 amide bonds. The summed E-state index contributed by atoms with van der Waals surface area (Å²) in [4.78, 5) is 30.8. The number of fused-ring (bicyclic) bond motifs is 1. The number of anilines is 1. The molecule has 2 heterocycles. The molecule has 1 aliphatic carbocycles. The molecule has 0 saturated heterocycles. The van der Waals surface area contributed by atoms with Crippen LogP contribution in [0.3, 0.4) is 0 Å². The van der Waals surface area contributed by atoms with Gasteiger partial charge in [0.1, 0.15) is 0 Å². The van der Waals surface area contributed by atoms with Gasteiger partial charge in [0, 0.05) is 65.3 Å². The fourth-order valence-electron chi connectivity index (χ4n) is 5.84. The molecule has 0 radical (unpaired) electrons. The number of amides is 1. The van der Waals surface area contributed by atoms with Gasteiger partial charge in [-0.05, 0) is 78.2 Å². The summed E-state index contributed by atoms with van der Waals surface area (Å²) in [5.41, 5.74) is 4.77. The molecule has 1 aromatic heterocycles. The minimum absolute atomic E-state index is 0.0708. The largest absolute Gasteiger partial charge is 0.373 e. The van der Waals surface area contributed by atoms with Gasteiger partial charge in [-0.15, -0.1) is 0 Å². The number of hydrogen-bond donors (Lipinski definition) is 1. The Morgan fingerprint density at radius 2 is 1.83 bits per heavy atom. The van der Waals surface area contributed by atoms with Crippen molar-refractivity contribution in [2.75, 3.05) is 32.1 Å². The first-order valence-electron chi connectivity index (χ1n) is 13.0. The average Bonchev–Trinajstić information content (AvgIpc) is 2.86. The van der Waals surface area contributed by atoms with Gasteiger partial charge in [0.25, 0.3) is 5.91 Å². The van der Waals surface area contributed by atoms with E-state index in [1.165, 1.54) is 12.8 Å². The summed E-state index contributed by atoms with van der Waals surface area (Å²) in [6, 6.07) is 6.41. The molecule has 196 valence electrons. The molecule has 0 bridgehead atoms. The summed E-state index contributed by atoms with van der Waals surface area (Å²) in [6.07, 6.45) is 4.58. The number of nitrogens with zero attached hydrogens (tertiary/aromatic N) is 3. The van der Waals surface area contributed by atoms with E-state index in [0.29, 0.717) is 48.0 Å². The van der Waals surface area contributed by atoms with Crippen LogP contribution in [0.1, 0.15) is 65.5 Å². The van der Waals surface area contributed by atoms with Crippen molar-refractivity contribution in [3.05, 3.63) is 61.5 Å². The highest BCUT2D eigenvalue weighted by Crippen LogP contribution is 2.34. The number of benzene rings is 1. The molecule has 4 rings (SSSR count). The van der Waals surface area contributed by atoms with Crippen molar-refractivity contribution in [3.63, 3.8) is 0 Å². The van der Waals surface area contributed by atoms with Gasteiger partial charge < -0.3 is 24.4 Å². The van der Waals surface area contributed by atoms with E-state index in [-0.39, 0.29) is 17.9 Å². The van der Waals surface area contributed by atoms with E-state index in [2.05, 4.69) is 40.7 Å². The van der Waals surface area contributed by atoms with Gasteiger partial charge >= 0.3 is 0 Å². The third-order valence-electron chi connectivity index (χ3n) is 7.94. The number of hydrogen-bond acceptors (Lipinski definition) is 5. The van der Waals surface area contributed by atoms with Gasteiger partial charge in [0.05, 0.1) is 18.9 Å². The second-order valence-electron chi connectivity index (χ2n) is 10.3. The predicted molar refractivity (Wildman–Crippen MR) is 145 cm³/mol. The molecule has 1 saturated carbocycles. The van der Waals surface area contributed by atoms with Crippen LogP contribution in [0.4, 0.5) is 5.69 Å². The van der Waals surface area contributed by atoms with Crippen molar-refractivity contribution in [2.24, 2.45) is 0 Å².